The van der Waals surface area contributed by atoms with Crippen molar-refractivity contribution in [3.63, 3.8) is 0 Å². The molecule has 3 aliphatic rings. The Morgan fingerprint density at radius 2 is 1.51 bits per heavy atom. The lowest BCUT2D eigenvalue weighted by molar-refractivity contribution is 0.555. The van der Waals surface area contributed by atoms with Crippen LogP contribution in [0.5, 0.6) is 0 Å². The normalized spacial score (nSPS) is 19.1. The van der Waals surface area contributed by atoms with Gasteiger partial charge >= 0.3 is 0 Å². The van der Waals surface area contributed by atoms with Crippen molar-refractivity contribution < 1.29 is 0 Å². The minimum atomic E-state index is -0.410. The fourth-order valence-electron chi connectivity index (χ4n) is 8.61. The van der Waals surface area contributed by atoms with Crippen LogP contribution >= 0.6 is 11.3 Å². The summed E-state index contributed by atoms with van der Waals surface area (Å²) in [6.45, 7) is 1.93. The summed E-state index contributed by atoms with van der Waals surface area (Å²) in [5, 5.41) is 2.60. The molecule has 0 amide bonds. The van der Waals surface area contributed by atoms with Crippen molar-refractivity contribution in [2.45, 2.75) is 12.3 Å². The van der Waals surface area contributed by atoms with Gasteiger partial charge < -0.3 is 0 Å². The zero-order chi connectivity index (χ0) is 34.6. The monoisotopic (exact) mass is 658 g/mol. The second kappa shape index (κ2) is 11.1. The van der Waals surface area contributed by atoms with Crippen molar-refractivity contribution in [1.82, 2.24) is 9.55 Å². The van der Waals surface area contributed by atoms with E-state index in [4.69, 9.17) is 36.4 Å². The van der Waals surface area contributed by atoms with Crippen LogP contribution in [-0.4, -0.2) is 40.9 Å². The number of hydrogen-bond acceptors (Lipinski definition) is 2. The van der Waals surface area contributed by atoms with Crippen molar-refractivity contribution in [3.8, 4) is 5.69 Å². The van der Waals surface area contributed by atoms with Crippen LogP contribution in [0.3, 0.4) is 0 Å². The van der Waals surface area contributed by atoms with Crippen molar-refractivity contribution >= 4 is 107 Å². The molecule has 7 aromatic rings. The van der Waals surface area contributed by atoms with E-state index in [0.29, 0.717) is 22.1 Å². The number of aromatic nitrogens is 2. The lowest BCUT2D eigenvalue weighted by Crippen LogP contribution is -2.50. The van der Waals surface area contributed by atoms with Crippen LogP contribution in [0, 0.1) is 12.8 Å². The Kier molecular flexibility index (Phi) is 6.67. The maximum absolute atomic E-state index is 6.73. The molecular formula is C44H26B4N2S. The van der Waals surface area contributed by atoms with Gasteiger partial charge in [0.2, 0.25) is 0 Å². The van der Waals surface area contributed by atoms with E-state index in [1.165, 1.54) is 48.0 Å². The van der Waals surface area contributed by atoms with E-state index >= 15 is 0 Å². The first-order valence-electron chi connectivity index (χ1n) is 17.1. The molecule has 0 bridgehead atoms. The number of nitrogens with zero attached hydrogens (tertiary/aromatic N) is 2. The lowest BCUT2D eigenvalue weighted by atomic mass is 9.64. The largest absolute Gasteiger partial charge is 0.293 e. The van der Waals surface area contributed by atoms with Crippen molar-refractivity contribution in [2.24, 2.45) is 5.92 Å². The Bertz CT molecular complexity index is 2800. The van der Waals surface area contributed by atoms with E-state index in [0.717, 1.165) is 28.0 Å². The molecule has 2 heterocycles. The van der Waals surface area contributed by atoms with E-state index in [1.807, 2.05) is 42.5 Å². The zero-order valence-corrected chi connectivity index (χ0v) is 28.7. The van der Waals surface area contributed by atoms with Gasteiger partial charge in [-0.15, -0.1) is 22.3 Å². The molecule has 51 heavy (non-hydrogen) atoms. The standard InChI is InChI=1S/C44H26B4N2S/c1-24-38(45)39(46)40(47)41(48)42(24)50-34-15-6-5-14-33(34)49-43(50)26-17-19-27(22-26)44-21-9-8-13-32(44)37(29-11-2-4-12-31(29)44)25-18-20-36-30(23-25)28-10-3-7-16-35(28)51-36/h2-23,27H,1H3. The molecule has 10 rings (SSSR count). The molecule has 0 saturated heterocycles. The third-order valence-electron chi connectivity index (χ3n) is 11.1. The molecule has 230 valence electrons. The van der Waals surface area contributed by atoms with Crippen LogP contribution in [-0.2, 0) is 5.41 Å². The minimum absolute atomic E-state index is 0.0151. The highest BCUT2D eigenvalue weighted by Crippen LogP contribution is 2.57. The number of fused-ring (bicyclic) bond motifs is 7. The average molecular weight is 658 g/mol. The molecule has 3 aliphatic carbocycles. The van der Waals surface area contributed by atoms with Crippen LogP contribution in [0.2, 0.25) is 0 Å². The van der Waals surface area contributed by atoms with Gasteiger partial charge in [0.15, 0.2) is 0 Å². The van der Waals surface area contributed by atoms with Crippen molar-refractivity contribution in [3.05, 3.63) is 167 Å². The van der Waals surface area contributed by atoms with Gasteiger partial charge in [-0.3, -0.25) is 4.57 Å². The van der Waals surface area contributed by atoms with E-state index < -0.39 is 5.41 Å². The summed E-state index contributed by atoms with van der Waals surface area (Å²) in [5.41, 5.74) is 11.6. The maximum atomic E-state index is 6.73. The number of para-hydroxylation sites is 2. The van der Waals surface area contributed by atoms with E-state index in [-0.39, 0.29) is 11.4 Å². The molecule has 7 heteroatoms. The van der Waals surface area contributed by atoms with E-state index in [9.17, 15) is 0 Å². The molecule has 8 radical (unpaired) electrons. The smallest absolute Gasteiger partial charge is 0.145 e. The summed E-state index contributed by atoms with van der Waals surface area (Å²) in [5.74, 6) is 0.785. The molecule has 0 N–H and O–H groups in total. The number of rotatable bonds is 4. The summed E-state index contributed by atoms with van der Waals surface area (Å²) in [6, 6.07) is 32.6. The molecule has 2 atom stereocenters. The van der Waals surface area contributed by atoms with Crippen molar-refractivity contribution in [2.75, 3.05) is 0 Å². The van der Waals surface area contributed by atoms with Gasteiger partial charge in [0.05, 0.1) is 11.0 Å². The Morgan fingerprint density at radius 1 is 0.745 bits per heavy atom. The van der Waals surface area contributed by atoms with Crippen LogP contribution in [0.4, 0.5) is 0 Å². The predicted molar refractivity (Wildman–Crippen MR) is 220 cm³/mol. The van der Waals surface area contributed by atoms with Gasteiger partial charge in [0.25, 0.3) is 0 Å². The van der Waals surface area contributed by atoms with Gasteiger partial charge in [-0.25, -0.2) is 4.98 Å². The van der Waals surface area contributed by atoms with Gasteiger partial charge in [-0.05, 0) is 70.7 Å². The number of imidazole rings is 1. The Balaban J connectivity index is 1.18. The van der Waals surface area contributed by atoms with Crippen LogP contribution in [0.15, 0.2) is 139 Å². The SMILES string of the molecule is [B]c1c([B])c([B])c(-n2c(C3=CC(C45C=CC=CC4=C(c4ccc6sc7ccccc7c6c4)c4ccccc45)C=C3)nc3ccccc32)c(C)c1[B]. The highest BCUT2D eigenvalue weighted by Gasteiger charge is 2.48. The summed E-state index contributed by atoms with van der Waals surface area (Å²) >= 11 is 1.85. The van der Waals surface area contributed by atoms with E-state index in [1.54, 1.807) is 0 Å². The molecule has 2 unspecified atom stereocenters. The van der Waals surface area contributed by atoms with Crippen LogP contribution in [0.25, 0.3) is 48.0 Å². The summed E-state index contributed by atoms with van der Waals surface area (Å²) in [6.07, 6.45) is 15.9. The second-order valence-corrected chi connectivity index (χ2v) is 14.7. The Morgan fingerprint density at radius 3 is 2.41 bits per heavy atom. The summed E-state index contributed by atoms with van der Waals surface area (Å²) in [4.78, 5) is 5.19. The minimum Gasteiger partial charge on any atom is -0.293 e. The fraction of sp³-hybridized carbons (Fsp3) is 0.0682. The molecule has 5 aromatic carbocycles. The first-order valence-corrected chi connectivity index (χ1v) is 17.9. The number of allylic oxidation sites excluding steroid dienone is 9. The number of benzene rings is 5. The molecule has 0 saturated carbocycles. The third kappa shape index (κ3) is 4.19. The maximum Gasteiger partial charge on any atom is 0.145 e. The molecule has 2 aromatic heterocycles. The predicted octanol–water partition coefficient (Wildman–Crippen LogP) is 6.33. The van der Waals surface area contributed by atoms with Gasteiger partial charge in [-0.1, -0.05) is 114 Å². The summed E-state index contributed by atoms with van der Waals surface area (Å²) in [7, 11) is 25.9. The summed E-state index contributed by atoms with van der Waals surface area (Å²) < 4.78 is 4.70. The number of hydrogen-bond donors (Lipinski definition) is 0. The molecule has 0 spiro atoms. The molecular weight excluding hydrogens is 632 g/mol. The van der Waals surface area contributed by atoms with E-state index in [2.05, 4.69) is 114 Å². The van der Waals surface area contributed by atoms with Crippen LogP contribution < -0.4 is 21.9 Å². The molecule has 2 nitrogen and oxygen atoms in total. The zero-order valence-electron chi connectivity index (χ0n) is 27.9. The molecule has 0 aliphatic heterocycles. The first-order chi connectivity index (χ1) is 24.9. The fourth-order valence-corrected chi connectivity index (χ4v) is 9.70. The molecule has 0 fully saturated rings. The second-order valence-electron chi connectivity index (χ2n) is 13.6. The number of thiophene rings is 1. The lowest BCUT2D eigenvalue weighted by Gasteiger charge is -2.36. The first kappa shape index (κ1) is 30.6. The average Bonchev–Trinajstić information content (AvgIpc) is 3.95. The van der Waals surface area contributed by atoms with Gasteiger partial charge in [0.1, 0.15) is 37.2 Å². The highest BCUT2D eigenvalue weighted by molar-refractivity contribution is 7.25. The van der Waals surface area contributed by atoms with Gasteiger partial charge in [0, 0.05) is 42.8 Å². The highest BCUT2D eigenvalue weighted by atomic mass is 32.1. The Hall–Kier alpha value is -5.25. The Labute approximate surface area is 306 Å². The van der Waals surface area contributed by atoms with Gasteiger partial charge in [-0.2, -0.15) is 0 Å². The van der Waals surface area contributed by atoms with Crippen molar-refractivity contribution in [1.29, 1.82) is 0 Å². The van der Waals surface area contributed by atoms with Crippen LogP contribution in [0.1, 0.15) is 28.1 Å². The quantitative estimate of drug-likeness (QED) is 0.203. The topological polar surface area (TPSA) is 17.8 Å². The third-order valence-corrected chi connectivity index (χ3v) is 12.2.